The first kappa shape index (κ1) is 13.8. The summed E-state index contributed by atoms with van der Waals surface area (Å²) >= 11 is 0. The Morgan fingerprint density at radius 2 is 2.28 bits per heavy atom. The van der Waals surface area contributed by atoms with Gasteiger partial charge in [0.1, 0.15) is 11.3 Å². The van der Waals surface area contributed by atoms with Crippen LogP contribution in [0.3, 0.4) is 0 Å². The lowest BCUT2D eigenvalue weighted by Crippen LogP contribution is -2.32. The lowest BCUT2D eigenvalue weighted by molar-refractivity contribution is 0.0535. The number of nitrogens with one attached hydrogen (secondary N) is 1. The van der Waals surface area contributed by atoms with Gasteiger partial charge in [-0.1, -0.05) is 5.92 Å². The van der Waals surface area contributed by atoms with E-state index in [1.807, 2.05) is 0 Å². The first-order valence-electron chi connectivity index (χ1n) is 5.54. The monoisotopic (exact) mass is 247 g/mol. The minimum Gasteiger partial charge on any atom is -0.444 e. The summed E-state index contributed by atoms with van der Waals surface area (Å²) in [7, 11) is 0. The Kier molecular flexibility index (Phi) is 4.55. The minimum absolute atomic E-state index is 0.200. The smallest absolute Gasteiger partial charge is 0.408 e. The highest BCUT2D eigenvalue weighted by Crippen LogP contribution is 2.06. The Morgan fingerprint density at radius 3 is 2.89 bits per heavy atom. The van der Waals surface area contributed by atoms with E-state index in [2.05, 4.69) is 22.1 Å². The van der Waals surface area contributed by atoms with Gasteiger partial charge >= 0.3 is 6.09 Å². The molecule has 0 unspecified atom stereocenters. The molecule has 0 aliphatic rings. The van der Waals surface area contributed by atoms with E-state index in [9.17, 15) is 4.79 Å². The van der Waals surface area contributed by atoms with E-state index in [4.69, 9.17) is 10.5 Å². The normalized spacial score (nSPS) is 10.2. The van der Waals surface area contributed by atoms with Gasteiger partial charge < -0.3 is 15.8 Å². The maximum Gasteiger partial charge on any atom is 0.408 e. The van der Waals surface area contributed by atoms with Crippen LogP contribution in [0.2, 0.25) is 0 Å². The molecule has 0 radical (unpaired) electrons. The standard InChI is InChI=1S/C13H17N3O2/c1-13(2,3)18-12(17)16-7-4-5-11-9-10(14)6-8-15-11/h6,8-9H,7H2,1-3H3,(H2,14,15)(H,16,17). The van der Waals surface area contributed by atoms with Gasteiger partial charge in [0.05, 0.1) is 6.54 Å². The molecule has 0 bridgehead atoms. The summed E-state index contributed by atoms with van der Waals surface area (Å²) in [5.41, 5.74) is 6.25. The van der Waals surface area contributed by atoms with Gasteiger partial charge in [0.25, 0.3) is 0 Å². The molecule has 0 saturated heterocycles. The Morgan fingerprint density at radius 1 is 1.56 bits per heavy atom. The van der Waals surface area contributed by atoms with E-state index >= 15 is 0 Å². The van der Waals surface area contributed by atoms with Crippen molar-refractivity contribution in [2.24, 2.45) is 0 Å². The fraction of sp³-hybridized carbons (Fsp3) is 0.385. The van der Waals surface area contributed by atoms with Crippen molar-refractivity contribution in [2.45, 2.75) is 26.4 Å². The molecule has 0 aromatic carbocycles. The lowest BCUT2D eigenvalue weighted by atomic mass is 10.2. The molecule has 96 valence electrons. The van der Waals surface area contributed by atoms with Crippen LogP contribution in [-0.4, -0.2) is 23.2 Å². The number of hydrogen-bond acceptors (Lipinski definition) is 4. The third-order valence-corrected chi connectivity index (χ3v) is 1.72. The largest absolute Gasteiger partial charge is 0.444 e. The number of nitrogen functional groups attached to an aromatic ring is 1. The van der Waals surface area contributed by atoms with Crippen molar-refractivity contribution in [3.05, 3.63) is 24.0 Å². The van der Waals surface area contributed by atoms with Gasteiger partial charge in [0, 0.05) is 11.9 Å². The second-order valence-corrected chi connectivity index (χ2v) is 4.63. The van der Waals surface area contributed by atoms with Gasteiger partial charge in [-0.15, -0.1) is 0 Å². The topological polar surface area (TPSA) is 77.2 Å². The van der Waals surface area contributed by atoms with Gasteiger partial charge in [-0.2, -0.15) is 0 Å². The predicted octanol–water partition coefficient (Wildman–Crippen LogP) is 1.54. The Balaban J connectivity index is 2.41. The number of alkyl carbamates (subject to hydrolysis) is 1. The number of anilines is 1. The van der Waals surface area contributed by atoms with E-state index in [0.29, 0.717) is 11.4 Å². The summed E-state index contributed by atoms with van der Waals surface area (Å²) in [6.07, 6.45) is 1.10. The van der Waals surface area contributed by atoms with E-state index in [1.54, 1.807) is 39.1 Å². The molecular weight excluding hydrogens is 230 g/mol. The van der Waals surface area contributed by atoms with Crippen LogP contribution in [0.25, 0.3) is 0 Å². The van der Waals surface area contributed by atoms with Crippen molar-refractivity contribution in [3.8, 4) is 11.8 Å². The number of nitrogens with two attached hydrogens (primary N) is 1. The summed E-state index contributed by atoms with van der Waals surface area (Å²) in [5, 5.41) is 2.53. The number of carbonyl (C=O) groups is 1. The average molecular weight is 247 g/mol. The molecule has 0 fully saturated rings. The molecule has 18 heavy (non-hydrogen) atoms. The quantitative estimate of drug-likeness (QED) is 0.738. The van der Waals surface area contributed by atoms with Gasteiger partial charge in [0.15, 0.2) is 0 Å². The SMILES string of the molecule is CC(C)(C)OC(=O)NCC#Cc1cc(N)ccn1. The van der Waals surface area contributed by atoms with Gasteiger partial charge in [-0.05, 0) is 38.8 Å². The number of amides is 1. The molecule has 1 rings (SSSR count). The minimum atomic E-state index is -0.507. The Bertz CT molecular complexity index is 481. The summed E-state index contributed by atoms with van der Waals surface area (Å²) in [4.78, 5) is 15.3. The van der Waals surface area contributed by atoms with Crippen molar-refractivity contribution in [1.29, 1.82) is 0 Å². The molecule has 5 heteroatoms. The highest BCUT2D eigenvalue weighted by molar-refractivity contribution is 5.68. The molecular formula is C13H17N3O2. The van der Waals surface area contributed by atoms with Crippen molar-refractivity contribution >= 4 is 11.8 Å². The molecule has 1 amide bonds. The van der Waals surface area contributed by atoms with E-state index in [-0.39, 0.29) is 6.54 Å². The molecule has 1 aromatic heterocycles. The third kappa shape index (κ3) is 5.75. The van der Waals surface area contributed by atoms with Gasteiger partial charge in [0.2, 0.25) is 0 Å². The molecule has 1 heterocycles. The zero-order valence-corrected chi connectivity index (χ0v) is 10.8. The number of carbonyl (C=O) groups excluding carboxylic acids is 1. The number of nitrogens with zero attached hydrogens (tertiary/aromatic N) is 1. The third-order valence-electron chi connectivity index (χ3n) is 1.72. The first-order chi connectivity index (χ1) is 8.37. The summed E-state index contributed by atoms with van der Waals surface area (Å²) in [6, 6.07) is 3.35. The van der Waals surface area contributed by atoms with Crippen LogP contribution in [-0.2, 0) is 4.74 Å². The number of pyridine rings is 1. The highest BCUT2D eigenvalue weighted by atomic mass is 16.6. The van der Waals surface area contributed by atoms with Crippen LogP contribution in [0.4, 0.5) is 10.5 Å². The maximum atomic E-state index is 11.3. The van der Waals surface area contributed by atoms with E-state index in [0.717, 1.165) is 0 Å². The van der Waals surface area contributed by atoms with Crippen molar-refractivity contribution < 1.29 is 9.53 Å². The molecule has 0 aliphatic heterocycles. The summed E-state index contributed by atoms with van der Waals surface area (Å²) < 4.78 is 5.06. The number of ether oxygens (including phenoxy) is 1. The van der Waals surface area contributed by atoms with Crippen molar-refractivity contribution in [2.75, 3.05) is 12.3 Å². The number of rotatable bonds is 1. The van der Waals surface area contributed by atoms with Crippen LogP contribution < -0.4 is 11.1 Å². The highest BCUT2D eigenvalue weighted by Gasteiger charge is 2.14. The molecule has 0 atom stereocenters. The second-order valence-electron chi connectivity index (χ2n) is 4.63. The van der Waals surface area contributed by atoms with E-state index < -0.39 is 11.7 Å². The van der Waals surface area contributed by atoms with Crippen LogP contribution in [0, 0.1) is 11.8 Å². The fourth-order valence-electron chi connectivity index (χ4n) is 1.08. The van der Waals surface area contributed by atoms with Crippen LogP contribution in [0.1, 0.15) is 26.5 Å². The molecule has 0 saturated carbocycles. The average Bonchev–Trinajstić information content (AvgIpc) is 2.22. The van der Waals surface area contributed by atoms with Crippen LogP contribution in [0.15, 0.2) is 18.3 Å². The molecule has 0 aliphatic carbocycles. The Labute approximate surface area is 107 Å². The number of hydrogen-bond donors (Lipinski definition) is 2. The summed E-state index contributed by atoms with van der Waals surface area (Å²) in [6.45, 7) is 5.60. The lowest BCUT2D eigenvalue weighted by Gasteiger charge is -2.18. The van der Waals surface area contributed by atoms with E-state index in [1.165, 1.54) is 0 Å². The first-order valence-corrected chi connectivity index (χ1v) is 5.54. The fourth-order valence-corrected chi connectivity index (χ4v) is 1.08. The predicted molar refractivity (Wildman–Crippen MR) is 69.8 cm³/mol. The van der Waals surface area contributed by atoms with Gasteiger partial charge in [-0.3, -0.25) is 0 Å². The Hall–Kier alpha value is -2.22. The molecule has 5 nitrogen and oxygen atoms in total. The zero-order chi connectivity index (χ0) is 13.6. The van der Waals surface area contributed by atoms with Crippen molar-refractivity contribution in [3.63, 3.8) is 0 Å². The van der Waals surface area contributed by atoms with Crippen molar-refractivity contribution in [1.82, 2.24) is 10.3 Å². The molecule has 1 aromatic rings. The molecule has 0 spiro atoms. The maximum absolute atomic E-state index is 11.3. The number of aromatic nitrogens is 1. The molecule has 3 N–H and O–H groups in total. The van der Waals surface area contributed by atoms with Crippen LogP contribution >= 0.6 is 0 Å². The zero-order valence-electron chi connectivity index (χ0n) is 10.8. The van der Waals surface area contributed by atoms with Crippen LogP contribution in [0.5, 0.6) is 0 Å². The van der Waals surface area contributed by atoms with Gasteiger partial charge in [-0.25, -0.2) is 9.78 Å². The second kappa shape index (κ2) is 5.92. The summed E-state index contributed by atoms with van der Waals surface area (Å²) in [5.74, 6) is 5.56.